The largest absolute Gasteiger partial charge is 0.426 e. The zero-order valence-electron chi connectivity index (χ0n) is 9.85. The lowest BCUT2D eigenvalue weighted by Crippen LogP contribution is -2.11. The molecule has 6 heteroatoms. The second-order valence-electron chi connectivity index (χ2n) is 3.76. The number of carbonyl (C=O) groups is 1. The van der Waals surface area contributed by atoms with E-state index in [2.05, 4.69) is 4.98 Å². The van der Waals surface area contributed by atoms with Crippen LogP contribution in [0.25, 0.3) is 0 Å². The Morgan fingerprint density at radius 2 is 2.00 bits per heavy atom. The number of hydrogen-bond donors (Lipinski definition) is 0. The first-order chi connectivity index (χ1) is 9.15. The number of benzene rings is 1. The fourth-order valence-electron chi connectivity index (χ4n) is 1.47. The van der Waals surface area contributed by atoms with Gasteiger partial charge in [-0.2, -0.15) is 0 Å². The molecule has 0 atom stereocenters. The Morgan fingerprint density at radius 3 is 2.58 bits per heavy atom. The smallest absolute Gasteiger partial charge is 0.315 e. The van der Waals surface area contributed by atoms with Crippen molar-refractivity contribution >= 4 is 11.7 Å². The quantitative estimate of drug-likeness (QED) is 0.363. The summed E-state index contributed by atoms with van der Waals surface area (Å²) >= 11 is 0. The maximum atomic E-state index is 11.6. The van der Waals surface area contributed by atoms with Crippen LogP contribution in [0.2, 0.25) is 0 Å². The van der Waals surface area contributed by atoms with Gasteiger partial charge < -0.3 is 4.74 Å². The van der Waals surface area contributed by atoms with Crippen LogP contribution < -0.4 is 4.74 Å². The molecule has 0 spiro atoms. The van der Waals surface area contributed by atoms with E-state index < -0.39 is 10.9 Å². The molecule has 0 aliphatic rings. The van der Waals surface area contributed by atoms with Gasteiger partial charge in [0.25, 0.3) is 5.69 Å². The SMILES string of the molecule is O=C(Cc1cccnc1)Oc1ccc([N+](=O)[O-])cc1. The third kappa shape index (κ3) is 3.60. The molecule has 0 fully saturated rings. The van der Waals surface area contributed by atoms with E-state index in [0.29, 0.717) is 0 Å². The van der Waals surface area contributed by atoms with Crippen molar-refractivity contribution in [2.45, 2.75) is 6.42 Å². The summed E-state index contributed by atoms with van der Waals surface area (Å²) in [6.07, 6.45) is 3.30. The summed E-state index contributed by atoms with van der Waals surface area (Å²) in [7, 11) is 0. The lowest BCUT2D eigenvalue weighted by Gasteiger charge is -2.03. The number of pyridine rings is 1. The summed E-state index contributed by atoms with van der Waals surface area (Å²) in [5.41, 5.74) is 0.696. The standard InChI is InChI=1S/C13H10N2O4/c16-13(8-10-2-1-7-14-9-10)19-12-5-3-11(4-6-12)15(17)18/h1-7,9H,8H2. The number of nitrogens with zero attached hydrogens (tertiary/aromatic N) is 2. The number of rotatable bonds is 4. The number of esters is 1. The molecule has 1 aromatic carbocycles. The number of aromatic nitrogens is 1. The maximum Gasteiger partial charge on any atom is 0.315 e. The first-order valence-electron chi connectivity index (χ1n) is 5.49. The van der Waals surface area contributed by atoms with Crippen LogP contribution in [0, 0.1) is 10.1 Å². The van der Waals surface area contributed by atoms with Crippen molar-refractivity contribution in [2.75, 3.05) is 0 Å². The van der Waals surface area contributed by atoms with Gasteiger partial charge in [0.1, 0.15) is 5.75 Å². The number of hydrogen-bond acceptors (Lipinski definition) is 5. The van der Waals surface area contributed by atoms with Crippen LogP contribution in [0.3, 0.4) is 0 Å². The van der Waals surface area contributed by atoms with Crippen molar-refractivity contribution < 1.29 is 14.5 Å². The van der Waals surface area contributed by atoms with Gasteiger partial charge in [-0.1, -0.05) is 6.07 Å². The van der Waals surface area contributed by atoms with Crippen molar-refractivity contribution in [3.63, 3.8) is 0 Å². The van der Waals surface area contributed by atoms with Crippen molar-refractivity contribution in [3.8, 4) is 5.75 Å². The van der Waals surface area contributed by atoms with Crippen molar-refractivity contribution in [1.82, 2.24) is 4.98 Å². The molecule has 0 aliphatic carbocycles. The van der Waals surface area contributed by atoms with Crippen LogP contribution >= 0.6 is 0 Å². The second kappa shape index (κ2) is 5.72. The zero-order valence-corrected chi connectivity index (χ0v) is 9.85. The fraction of sp³-hybridized carbons (Fsp3) is 0.0769. The van der Waals surface area contributed by atoms with E-state index in [1.807, 2.05) is 0 Å². The maximum absolute atomic E-state index is 11.6. The molecule has 0 amide bonds. The number of ether oxygens (including phenoxy) is 1. The molecule has 1 aromatic heterocycles. The van der Waals surface area contributed by atoms with E-state index in [-0.39, 0.29) is 17.9 Å². The monoisotopic (exact) mass is 258 g/mol. The minimum absolute atomic E-state index is 0.0490. The number of non-ortho nitro benzene ring substituents is 1. The number of carbonyl (C=O) groups excluding carboxylic acids is 1. The highest BCUT2D eigenvalue weighted by molar-refractivity contribution is 5.75. The van der Waals surface area contributed by atoms with Crippen LogP contribution in [-0.2, 0) is 11.2 Å². The summed E-state index contributed by atoms with van der Waals surface area (Å²) in [5.74, 6) is -0.165. The van der Waals surface area contributed by atoms with E-state index in [0.717, 1.165) is 5.56 Å². The molecular weight excluding hydrogens is 248 g/mol. The van der Waals surface area contributed by atoms with Crippen LogP contribution in [0.5, 0.6) is 5.75 Å². The number of nitro benzene ring substituents is 1. The van der Waals surface area contributed by atoms with E-state index in [9.17, 15) is 14.9 Å². The van der Waals surface area contributed by atoms with Gasteiger partial charge in [0.2, 0.25) is 0 Å². The van der Waals surface area contributed by atoms with E-state index in [4.69, 9.17) is 4.74 Å². The van der Waals surface area contributed by atoms with Crippen LogP contribution in [0.4, 0.5) is 5.69 Å². The van der Waals surface area contributed by atoms with Crippen LogP contribution in [0.1, 0.15) is 5.56 Å². The lowest BCUT2D eigenvalue weighted by molar-refractivity contribution is -0.384. The predicted octanol–water partition coefficient (Wildman–Crippen LogP) is 2.14. The molecule has 6 nitrogen and oxygen atoms in total. The molecule has 0 radical (unpaired) electrons. The summed E-state index contributed by atoms with van der Waals surface area (Å²) in [6, 6.07) is 8.84. The summed E-state index contributed by atoms with van der Waals surface area (Å²) in [5, 5.41) is 10.5. The van der Waals surface area contributed by atoms with Gasteiger partial charge in [-0.15, -0.1) is 0 Å². The molecule has 0 N–H and O–H groups in total. The van der Waals surface area contributed by atoms with Crippen molar-refractivity contribution in [3.05, 3.63) is 64.5 Å². The summed E-state index contributed by atoms with van der Waals surface area (Å²) in [4.78, 5) is 25.5. The van der Waals surface area contributed by atoms with Gasteiger partial charge in [0.05, 0.1) is 11.3 Å². The topological polar surface area (TPSA) is 82.3 Å². The van der Waals surface area contributed by atoms with E-state index >= 15 is 0 Å². The summed E-state index contributed by atoms with van der Waals surface area (Å²) in [6.45, 7) is 0. The minimum Gasteiger partial charge on any atom is -0.426 e. The van der Waals surface area contributed by atoms with Gasteiger partial charge >= 0.3 is 5.97 Å². The molecule has 0 saturated carbocycles. The normalized spacial score (nSPS) is 9.89. The molecule has 1 heterocycles. The van der Waals surface area contributed by atoms with E-state index in [1.165, 1.54) is 24.3 Å². The molecule has 0 unspecified atom stereocenters. The highest BCUT2D eigenvalue weighted by Crippen LogP contribution is 2.17. The third-order valence-corrected chi connectivity index (χ3v) is 2.35. The van der Waals surface area contributed by atoms with Gasteiger partial charge in [-0.25, -0.2) is 0 Å². The molecule has 96 valence electrons. The Bertz CT molecular complexity index is 581. The number of nitro groups is 1. The Balaban J connectivity index is 1.97. The van der Waals surface area contributed by atoms with E-state index in [1.54, 1.807) is 24.5 Å². The average Bonchev–Trinajstić information content (AvgIpc) is 2.40. The zero-order chi connectivity index (χ0) is 13.7. The van der Waals surface area contributed by atoms with Crippen LogP contribution in [0.15, 0.2) is 48.8 Å². The molecule has 0 saturated heterocycles. The van der Waals surface area contributed by atoms with Gasteiger partial charge in [0.15, 0.2) is 0 Å². The van der Waals surface area contributed by atoms with Crippen molar-refractivity contribution in [1.29, 1.82) is 0 Å². The molecule has 0 aliphatic heterocycles. The van der Waals surface area contributed by atoms with Gasteiger partial charge in [-0.05, 0) is 23.8 Å². The first-order valence-corrected chi connectivity index (χ1v) is 5.49. The van der Waals surface area contributed by atoms with Crippen LogP contribution in [-0.4, -0.2) is 15.9 Å². The molecule has 2 rings (SSSR count). The lowest BCUT2D eigenvalue weighted by atomic mass is 10.2. The Morgan fingerprint density at radius 1 is 1.26 bits per heavy atom. The summed E-state index contributed by atoms with van der Waals surface area (Å²) < 4.78 is 5.06. The van der Waals surface area contributed by atoms with Gasteiger partial charge in [-0.3, -0.25) is 19.9 Å². The van der Waals surface area contributed by atoms with Gasteiger partial charge in [0, 0.05) is 24.5 Å². The molecule has 19 heavy (non-hydrogen) atoms. The Kier molecular flexibility index (Phi) is 3.82. The molecule has 0 bridgehead atoms. The Hall–Kier alpha value is -2.76. The first kappa shape index (κ1) is 12.7. The fourth-order valence-corrected chi connectivity index (χ4v) is 1.47. The minimum atomic E-state index is -0.513. The molecule has 2 aromatic rings. The van der Waals surface area contributed by atoms with Crippen molar-refractivity contribution in [2.24, 2.45) is 0 Å². The Labute approximate surface area is 108 Å². The highest BCUT2D eigenvalue weighted by atomic mass is 16.6. The second-order valence-corrected chi connectivity index (χ2v) is 3.76. The molecular formula is C13H10N2O4. The predicted molar refractivity (Wildman–Crippen MR) is 66.7 cm³/mol. The highest BCUT2D eigenvalue weighted by Gasteiger charge is 2.09. The third-order valence-electron chi connectivity index (χ3n) is 2.35. The average molecular weight is 258 g/mol.